The SMILES string of the molecule is CC(c1ccccc1)N1CC(C(=O)NCCNC(=O)c2ccc(Br)o2)CC1=O. The zero-order chi connectivity index (χ0) is 20.1. The predicted molar refractivity (Wildman–Crippen MR) is 106 cm³/mol. The van der Waals surface area contributed by atoms with Crippen LogP contribution in [0.25, 0.3) is 0 Å². The van der Waals surface area contributed by atoms with E-state index >= 15 is 0 Å². The first-order chi connectivity index (χ1) is 13.5. The molecule has 3 rings (SSSR count). The van der Waals surface area contributed by atoms with Crippen LogP contribution < -0.4 is 10.6 Å². The summed E-state index contributed by atoms with van der Waals surface area (Å²) in [5, 5.41) is 5.45. The Morgan fingerprint density at radius 2 is 1.89 bits per heavy atom. The molecule has 0 spiro atoms. The van der Waals surface area contributed by atoms with Gasteiger partial charge >= 0.3 is 0 Å². The van der Waals surface area contributed by atoms with Gasteiger partial charge in [-0.15, -0.1) is 0 Å². The Kier molecular flexibility index (Phi) is 6.51. The molecule has 1 aliphatic rings. The maximum atomic E-state index is 12.4. The molecular formula is C20H22BrN3O4. The summed E-state index contributed by atoms with van der Waals surface area (Å²) in [6.45, 7) is 2.92. The number of benzene rings is 1. The van der Waals surface area contributed by atoms with Crippen molar-refractivity contribution < 1.29 is 18.8 Å². The van der Waals surface area contributed by atoms with Crippen molar-refractivity contribution in [3.05, 3.63) is 58.5 Å². The highest BCUT2D eigenvalue weighted by molar-refractivity contribution is 9.10. The number of halogens is 1. The van der Waals surface area contributed by atoms with E-state index in [1.807, 2.05) is 37.3 Å². The highest BCUT2D eigenvalue weighted by atomic mass is 79.9. The molecule has 1 aliphatic heterocycles. The van der Waals surface area contributed by atoms with Crippen molar-refractivity contribution in [3.8, 4) is 0 Å². The van der Waals surface area contributed by atoms with Gasteiger partial charge in [0, 0.05) is 26.1 Å². The quantitative estimate of drug-likeness (QED) is 0.637. The molecule has 0 aliphatic carbocycles. The van der Waals surface area contributed by atoms with Crippen LogP contribution in [-0.4, -0.2) is 42.3 Å². The van der Waals surface area contributed by atoms with Gasteiger partial charge in [-0.1, -0.05) is 30.3 Å². The van der Waals surface area contributed by atoms with E-state index in [9.17, 15) is 14.4 Å². The smallest absolute Gasteiger partial charge is 0.287 e. The monoisotopic (exact) mass is 447 g/mol. The van der Waals surface area contributed by atoms with Gasteiger partial charge in [0.1, 0.15) is 0 Å². The first kappa shape index (κ1) is 20.1. The van der Waals surface area contributed by atoms with Crippen molar-refractivity contribution in [1.82, 2.24) is 15.5 Å². The van der Waals surface area contributed by atoms with E-state index in [-0.39, 0.29) is 55.0 Å². The highest BCUT2D eigenvalue weighted by Crippen LogP contribution is 2.28. The van der Waals surface area contributed by atoms with Crippen LogP contribution in [0.1, 0.15) is 35.5 Å². The average Bonchev–Trinajstić information content (AvgIpc) is 3.31. The van der Waals surface area contributed by atoms with E-state index in [2.05, 4.69) is 26.6 Å². The summed E-state index contributed by atoms with van der Waals surface area (Å²) < 4.78 is 5.64. The number of nitrogens with zero attached hydrogens (tertiary/aromatic N) is 1. The van der Waals surface area contributed by atoms with Crippen molar-refractivity contribution in [2.24, 2.45) is 5.92 Å². The number of carbonyl (C=O) groups excluding carboxylic acids is 3. The molecule has 2 unspecified atom stereocenters. The number of hydrogen-bond acceptors (Lipinski definition) is 4. The zero-order valence-corrected chi connectivity index (χ0v) is 17.1. The Morgan fingerprint density at radius 1 is 1.18 bits per heavy atom. The van der Waals surface area contributed by atoms with Crippen LogP contribution in [0.5, 0.6) is 0 Å². The van der Waals surface area contributed by atoms with Gasteiger partial charge in [0.25, 0.3) is 5.91 Å². The summed E-state index contributed by atoms with van der Waals surface area (Å²) in [7, 11) is 0. The van der Waals surface area contributed by atoms with Crippen molar-refractivity contribution in [2.75, 3.05) is 19.6 Å². The molecule has 1 aromatic heterocycles. The average molecular weight is 448 g/mol. The fraction of sp³-hybridized carbons (Fsp3) is 0.350. The summed E-state index contributed by atoms with van der Waals surface area (Å²) in [5.74, 6) is -0.723. The maximum absolute atomic E-state index is 12.4. The fourth-order valence-electron chi connectivity index (χ4n) is 3.22. The van der Waals surface area contributed by atoms with Crippen LogP contribution in [0.4, 0.5) is 0 Å². The highest BCUT2D eigenvalue weighted by Gasteiger charge is 2.36. The molecule has 1 saturated heterocycles. The lowest BCUT2D eigenvalue weighted by molar-refractivity contribution is -0.130. The largest absolute Gasteiger partial charge is 0.444 e. The van der Waals surface area contributed by atoms with E-state index in [0.717, 1.165) is 5.56 Å². The first-order valence-corrected chi connectivity index (χ1v) is 9.90. The number of nitrogens with one attached hydrogen (secondary N) is 2. The van der Waals surface area contributed by atoms with Gasteiger partial charge in [0.2, 0.25) is 11.8 Å². The summed E-state index contributed by atoms with van der Waals surface area (Å²) >= 11 is 3.14. The van der Waals surface area contributed by atoms with Gasteiger partial charge in [0.15, 0.2) is 10.4 Å². The van der Waals surface area contributed by atoms with E-state index in [1.165, 1.54) is 0 Å². The first-order valence-electron chi connectivity index (χ1n) is 9.11. The normalized spacial score (nSPS) is 17.4. The zero-order valence-electron chi connectivity index (χ0n) is 15.5. The van der Waals surface area contributed by atoms with Gasteiger partial charge in [0.05, 0.1) is 12.0 Å². The molecule has 2 N–H and O–H groups in total. The summed E-state index contributed by atoms with van der Waals surface area (Å²) in [6.07, 6.45) is 0.204. The Hall–Kier alpha value is -2.61. The van der Waals surface area contributed by atoms with Crippen molar-refractivity contribution in [1.29, 1.82) is 0 Å². The molecule has 3 amide bonds. The van der Waals surface area contributed by atoms with Crippen LogP contribution in [0.3, 0.4) is 0 Å². The third-order valence-electron chi connectivity index (χ3n) is 4.79. The lowest BCUT2D eigenvalue weighted by Gasteiger charge is -2.25. The molecule has 1 fully saturated rings. The summed E-state index contributed by atoms with van der Waals surface area (Å²) in [5.41, 5.74) is 1.05. The van der Waals surface area contributed by atoms with Crippen LogP contribution in [-0.2, 0) is 9.59 Å². The molecule has 28 heavy (non-hydrogen) atoms. The van der Waals surface area contributed by atoms with Gasteiger partial charge in [-0.05, 0) is 40.5 Å². The molecular weight excluding hydrogens is 426 g/mol. The number of rotatable bonds is 7. The number of furan rings is 1. The molecule has 0 bridgehead atoms. The predicted octanol–water partition coefficient (Wildman–Crippen LogP) is 2.50. The topological polar surface area (TPSA) is 91.7 Å². The molecule has 7 nitrogen and oxygen atoms in total. The summed E-state index contributed by atoms with van der Waals surface area (Å²) in [6, 6.07) is 12.9. The second-order valence-corrected chi connectivity index (χ2v) is 7.47. The Labute approximate surface area is 171 Å². The van der Waals surface area contributed by atoms with E-state index in [1.54, 1.807) is 17.0 Å². The molecule has 2 aromatic rings. The lowest BCUT2D eigenvalue weighted by atomic mass is 10.1. The van der Waals surface area contributed by atoms with Crippen LogP contribution in [0.2, 0.25) is 0 Å². The van der Waals surface area contributed by atoms with E-state index in [4.69, 9.17) is 4.42 Å². The van der Waals surface area contributed by atoms with E-state index in [0.29, 0.717) is 11.2 Å². The number of likely N-dealkylation sites (tertiary alicyclic amines) is 1. The minimum atomic E-state index is -0.379. The Balaban J connectivity index is 1.44. The Morgan fingerprint density at radius 3 is 2.57 bits per heavy atom. The molecule has 8 heteroatoms. The van der Waals surface area contributed by atoms with Gasteiger partial charge < -0.3 is 20.0 Å². The third kappa shape index (κ3) is 4.81. The van der Waals surface area contributed by atoms with Gasteiger partial charge in [-0.2, -0.15) is 0 Å². The minimum Gasteiger partial charge on any atom is -0.444 e. The van der Waals surface area contributed by atoms with Crippen molar-refractivity contribution in [2.45, 2.75) is 19.4 Å². The lowest BCUT2D eigenvalue weighted by Crippen LogP contribution is -2.38. The number of amides is 3. The second kappa shape index (κ2) is 9.05. The number of carbonyl (C=O) groups is 3. The molecule has 0 radical (unpaired) electrons. The standard InChI is InChI=1S/C20H22BrN3O4/c1-13(14-5-3-2-4-6-14)24-12-15(11-18(24)25)19(26)22-9-10-23-20(27)16-7-8-17(21)28-16/h2-8,13,15H,9-12H2,1H3,(H,22,26)(H,23,27). The molecule has 2 heterocycles. The van der Waals surface area contributed by atoms with Crippen molar-refractivity contribution in [3.63, 3.8) is 0 Å². The van der Waals surface area contributed by atoms with Crippen LogP contribution >= 0.6 is 15.9 Å². The minimum absolute atomic E-state index is 0.0202. The molecule has 148 valence electrons. The van der Waals surface area contributed by atoms with Crippen LogP contribution in [0, 0.1) is 5.92 Å². The third-order valence-corrected chi connectivity index (χ3v) is 5.21. The number of hydrogen-bond donors (Lipinski definition) is 2. The van der Waals surface area contributed by atoms with Crippen molar-refractivity contribution >= 4 is 33.7 Å². The molecule has 1 aromatic carbocycles. The fourth-order valence-corrected chi connectivity index (χ4v) is 3.53. The van der Waals surface area contributed by atoms with E-state index < -0.39 is 0 Å². The van der Waals surface area contributed by atoms with Gasteiger partial charge in [-0.3, -0.25) is 14.4 Å². The maximum Gasteiger partial charge on any atom is 0.287 e. The van der Waals surface area contributed by atoms with Crippen LogP contribution in [0.15, 0.2) is 51.6 Å². The second-order valence-electron chi connectivity index (χ2n) is 6.68. The summed E-state index contributed by atoms with van der Waals surface area (Å²) in [4.78, 5) is 38.4. The van der Waals surface area contributed by atoms with Gasteiger partial charge in [-0.25, -0.2) is 0 Å². The molecule has 0 saturated carbocycles. The Bertz CT molecular complexity index is 852. The molecule has 2 atom stereocenters.